The Labute approximate surface area is 136 Å². The first kappa shape index (κ1) is 17.2. The Morgan fingerprint density at radius 1 is 1.39 bits per heavy atom. The number of rotatable bonds is 7. The number of carboxylic acids is 1. The maximum absolute atomic E-state index is 12.2. The molecule has 1 aromatic rings. The summed E-state index contributed by atoms with van der Waals surface area (Å²) in [5.74, 6) is -1.10. The fraction of sp³-hybridized carbons (Fsp3) is 0.588. The van der Waals surface area contributed by atoms with Gasteiger partial charge in [-0.25, -0.2) is 9.78 Å². The van der Waals surface area contributed by atoms with Crippen molar-refractivity contribution < 1.29 is 19.4 Å². The first-order chi connectivity index (χ1) is 11.0. The minimum absolute atomic E-state index is 0.144. The van der Waals surface area contributed by atoms with Crippen LogP contribution in [-0.4, -0.2) is 34.1 Å². The summed E-state index contributed by atoms with van der Waals surface area (Å²) in [7, 11) is 0. The van der Waals surface area contributed by atoms with Gasteiger partial charge in [0.15, 0.2) is 0 Å². The number of nitrogens with one attached hydrogen (secondary N) is 1. The number of aromatic nitrogens is 1. The van der Waals surface area contributed by atoms with Crippen LogP contribution in [0.5, 0.6) is 5.88 Å². The van der Waals surface area contributed by atoms with Crippen LogP contribution in [0.1, 0.15) is 56.3 Å². The van der Waals surface area contributed by atoms with Crippen LogP contribution < -0.4 is 10.1 Å². The largest absolute Gasteiger partial charge is 0.480 e. The van der Waals surface area contributed by atoms with Gasteiger partial charge in [-0.3, -0.25) is 4.79 Å². The molecule has 0 saturated heterocycles. The molecule has 0 unspecified atom stereocenters. The molecule has 1 aliphatic rings. The number of carboxylic acid groups (broad SMARTS) is 1. The average molecular weight is 320 g/mol. The van der Waals surface area contributed by atoms with Crippen LogP contribution in [0.4, 0.5) is 0 Å². The van der Waals surface area contributed by atoms with Crippen LogP contribution in [-0.2, 0) is 4.79 Å². The van der Waals surface area contributed by atoms with Crippen LogP contribution in [0, 0.1) is 5.92 Å². The molecule has 126 valence electrons. The molecule has 0 bridgehead atoms. The summed E-state index contributed by atoms with van der Waals surface area (Å²) in [6.45, 7) is 3.69. The van der Waals surface area contributed by atoms with E-state index in [1.165, 1.54) is 19.0 Å². The van der Waals surface area contributed by atoms with Gasteiger partial charge >= 0.3 is 5.97 Å². The lowest BCUT2D eigenvalue weighted by Gasteiger charge is -2.20. The summed E-state index contributed by atoms with van der Waals surface area (Å²) >= 11 is 0. The van der Waals surface area contributed by atoms with Crippen molar-refractivity contribution in [1.29, 1.82) is 0 Å². The van der Waals surface area contributed by atoms with Gasteiger partial charge in [-0.2, -0.15) is 0 Å². The first-order valence-electron chi connectivity index (χ1n) is 8.17. The Hall–Kier alpha value is -2.11. The second kappa shape index (κ2) is 7.94. The third-order valence-electron chi connectivity index (χ3n) is 4.35. The Bertz CT molecular complexity index is 538. The van der Waals surface area contributed by atoms with Crippen LogP contribution in [0.25, 0.3) is 0 Å². The highest BCUT2D eigenvalue weighted by molar-refractivity contribution is 5.96. The molecule has 2 N–H and O–H groups in total. The Kier molecular flexibility index (Phi) is 5.96. The van der Waals surface area contributed by atoms with E-state index in [0.717, 1.165) is 12.8 Å². The molecule has 1 amide bonds. The van der Waals surface area contributed by atoms with E-state index < -0.39 is 17.9 Å². The summed E-state index contributed by atoms with van der Waals surface area (Å²) in [6.07, 6.45) is 6.75. The fourth-order valence-corrected chi connectivity index (χ4v) is 2.67. The molecule has 2 rings (SSSR count). The van der Waals surface area contributed by atoms with Gasteiger partial charge < -0.3 is 15.2 Å². The molecule has 0 radical (unpaired) electrons. The summed E-state index contributed by atoms with van der Waals surface area (Å²) in [4.78, 5) is 27.6. The number of pyridine rings is 1. The van der Waals surface area contributed by atoms with Crippen molar-refractivity contribution in [3.63, 3.8) is 0 Å². The molecular weight excluding hydrogens is 296 g/mol. The SMILES string of the molecule is CC[C@H](C)[C@H](NC(=O)c1ccc(OC2CCCC2)nc1)C(=O)O. The highest BCUT2D eigenvalue weighted by Crippen LogP contribution is 2.22. The van der Waals surface area contributed by atoms with E-state index in [9.17, 15) is 14.7 Å². The van der Waals surface area contributed by atoms with Crippen LogP contribution in [0.15, 0.2) is 18.3 Å². The molecule has 2 atom stereocenters. The molecule has 1 aromatic heterocycles. The fourth-order valence-electron chi connectivity index (χ4n) is 2.67. The second-order valence-electron chi connectivity index (χ2n) is 6.08. The average Bonchev–Trinajstić information content (AvgIpc) is 3.05. The minimum Gasteiger partial charge on any atom is -0.480 e. The normalized spacial score (nSPS) is 17.5. The molecule has 23 heavy (non-hydrogen) atoms. The molecule has 6 nitrogen and oxygen atoms in total. The Morgan fingerprint density at radius 2 is 2.09 bits per heavy atom. The lowest BCUT2D eigenvalue weighted by molar-refractivity contribution is -0.140. The summed E-state index contributed by atoms with van der Waals surface area (Å²) in [5.41, 5.74) is 0.332. The lowest BCUT2D eigenvalue weighted by Crippen LogP contribution is -2.45. The number of amides is 1. The maximum Gasteiger partial charge on any atom is 0.326 e. The number of aliphatic carboxylic acids is 1. The van der Waals surface area contributed by atoms with Gasteiger partial charge in [0.2, 0.25) is 5.88 Å². The molecular formula is C17H24N2O4. The van der Waals surface area contributed by atoms with Crippen molar-refractivity contribution in [1.82, 2.24) is 10.3 Å². The third-order valence-corrected chi connectivity index (χ3v) is 4.35. The minimum atomic E-state index is -1.03. The van der Waals surface area contributed by atoms with E-state index in [-0.39, 0.29) is 12.0 Å². The first-order valence-corrected chi connectivity index (χ1v) is 8.17. The van der Waals surface area contributed by atoms with E-state index in [1.54, 1.807) is 19.1 Å². The standard InChI is InChI=1S/C17H24N2O4/c1-3-11(2)15(17(21)22)19-16(20)12-8-9-14(18-10-12)23-13-6-4-5-7-13/h8-11,13,15H,3-7H2,1-2H3,(H,19,20)(H,21,22)/t11-,15-/m0/s1. The molecule has 1 aliphatic carbocycles. The highest BCUT2D eigenvalue weighted by atomic mass is 16.5. The zero-order valence-corrected chi connectivity index (χ0v) is 13.6. The van der Waals surface area contributed by atoms with E-state index in [4.69, 9.17) is 4.74 Å². The number of carbonyl (C=O) groups is 2. The van der Waals surface area contributed by atoms with Gasteiger partial charge in [0.1, 0.15) is 12.1 Å². The van der Waals surface area contributed by atoms with Gasteiger partial charge in [-0.1, -0.05) is 20.3 Å². The van der Waals surface area contributed by atoms with Gasteiger partial charge in [0.25, 0.3) is 5.91 Å². The quantitative estimate of drug-likeness (QED) is 0.806. The number of ether oxygens (including phenoxy) is 1. The highest BCUT2D eigenvalue weighted by Gasteiger charge is 2.26. The number of carbonyl (C=O) groups excluding carboxylic acids is 1. The smallest absolute Gasteiger partial charge is 0.326 e. The molecule has 1 fully saturated rings. The zero-order chi connectivity index (χ0) is 16.8. The number of hydrogen-bond acceptors (Lipinski definition) is 4. The predicted molar refractivity (Wildman–Crippen MR) is 85.5 cm³/mol. The zero-order valence-electron chi connectivity index (χ0n) is 13.6. The molecule has 6 heteroatoms. The molecule has 1 saturated carbocycles. The van der Waals surface area contributed by atoms with Crippen molar-refractivity contribution in [3.05, 3.63) is 23.9 Å². The van der Waals surface area contributed by atoms with Crippen molar-refractivity contribution >= 4 is 11.9 Å². The van der Waals surface area contributed by atoms with E-state index in [2.05, 4.69) is 10.3 Å². The molecule has 0 spiro atoms. The number of hydrogen-bond donors (Lipinski definition) is 2. The molecule has 0 aliphatic heterocycles. The predicted octanol–water partition coefficient (Wildman–Crippen LogP) is 2.63. The summed E-state index contributed by atoms with van der Waals surface area (Å²) in [6, 6.07) is 2.37. The van der Waals surface area contributed by atoms with E-state index in [0.29, 0.717) is 17.9 Å². The maximum atomic E-state index is 12.2. The third kappa shape index (κ3) is 4.68. The van der Waals surface area contributed by atoms with E-state index in [1.807, 2.05) is 6.92 Å². The van der Waals surface area contributed by atoms with Gasteiger partial charge in [-0.15, -0.1) is 0 Å². The van der Waals surface area contributed by atoms with Gasteiger partial charge in [0.05, 0.1) is 5.56 Å². The second-order valence-corrected chi connectivity index (χ2v) is 6.08. The van der Waals surface area contributed by atoms with E-state index >= 15 is 0 Å². The van der Waals surface area contributed by atoms with Crippen LogP contribution >= 0.6 is 0 Å². The number of nitrogens with zero attached hydrogens (tertiary/aromatic N) is 1. The Balaban J connectivity index is 1.97. The summed E-state index contributed by atoms with van der Waals surface area (Å²) < 4.78 is 5.75. The van der Waals surface area contributed by atoms with Crippen molar-refractivity contribution in [2.45, 2.75) is 58.1 Å². The van der Waals surface area contributed by atoms with Crippen LogP contribution in [0.2, 0.25) is 0 Å². The molecule has 0 aromatic carbocycles. The van der Waals surface area contributed by atoms with Gasteiger partial charge in [-0.05, 0) is 37.7 Å². The van der Waals surface area contributed by atoms with Gasteiger partial charge in [0, 0.05) is 12.3 Å². The lowest BCUT2D eigenvalue weighted by atomic mass is 9.99. The Morgan fingerprint density at radius 3 is 2.61 bits per heavy atom. The molecule has 1 heterocycles. The monoisotopic (exact) mass is 320 g/mol. The van der Waals surface area contributed by atoms with Crippen molar-refractivity contribution in [3.8, 4) is 5.88 Å². The summed E-state index contributed by atoms with van der Waals surface area (Å²) in [5, 5.41) is 11.8. The topological polar surface area (TPSA) is 88.5 Å². The van der Waals surface area contributed by atoms with Crippen molar-refractivity contribution in [2.24, 2.45) is 5.92 Å². The van der Waals surface area contributed by atoms with Crippen LogP contribution in [0.3, 0.4) is 0 Å². The van der Waals surface area contributed by atoms with Crippen molar-refractivity contribution in [2.75, 3.05) is 0 Å².